The number of carbonyl (C=O) groups is 1. The van der Waals surface area contributed by atoms with Gasteiger partial charge in [-0.3, -0.25) is 4.79 Å². The molecule has 1 atom stereocenters. The summed E-state index contributed by atoms with van der Waals surface area (Å²) in [5.74, 6) is 0.620. The number of hydrogen-bond donors (Lipinski definition) is 1. The number of rotatable bonds is 6. The summed E-state index contributed by atoms with van der Waals surface area (Å²) in [6, 6.07) is 16.6. The van der Waals surface area contributed by atoms with Crippen molar-refractivity contribution in [1.29, 1.82) is 0 Å². The molecule has 2 aromatic carbocycles. The van der Waals surface area contributed by atoms with Crippen molar-refractivity contribution in [3.8, 4) is 0 Å². The smallest absolute Gasteiger partial charge is 0.224 e. The summed E-state index contributed by atoms with van der Waals surface area (Å²) < 4.78 is 0. The Kier molecular flexibility index (Phi) is 5.97. The standard InChI is InChI=1S/C21H27NO/c1-15(2)12-20(18-8-6-5-7-9-18)22-21(23)14-19-13-16(3)10-11-17(19)4/h5-11,13,15,20H,12,14H2,1-4H3,(H,22,23)/t20-/m0/s1. The first-order valence-corrected chi connectivity index (χ1v) is 8.36. The van der Waals surface area contributed by atoms with Crippen LogP contribution in [0.15, 0.2) is 48.5 Å². The molecule has 2 heteroatoms. The summed E-state index contributed by atoms with van der Waals surface area (Å²) in [5.41, 5.74) is 4.65. The lowest BCUT2D eigenvalue weighted by atomic mass is 9.96. The first-order valence-electron chi connectivity index (χ1n) is 8.36. The molecule has 0 saturated carbocycles. The number of hydrogen-bond acceptors (Lipinski definition) is 1. The Labute approximate surface area is 139 Å². The zero-order valence-electron chi connectivity index (χ0n) is 14.6. The Hall–Kier alpha value is -2.09. The third-order valence-corrected chi connectivity index (χ3v) is 4.10. The van der Waals surface area contributed by atoms with Gasteiger partial charge in [0.1, 0.15) is 0 Å². The summed E-state index contributed by atoms with van der Waals surface area (Å²) in [5, 5.41) is 3.22. The summed E-state index contributed by atoms with van der Waals surface area (Å²) >= 11 is 0. The first-order chi connectivity index (χ1) is 11.0. The Balaban J connectivity index is 2.10. The van der Waals surface area contributed by atoms with Gasteiger partial charge in [0.05, 0.1) is 12.5 Å². The van der Waals surface area contributed by atoms with Gasteiger partial charge >= 0.3 is 0 Å². The average Bonchev–Trinajstić information content (AvgIpc) is 2.51. The normalized spacial score (nSPS) is 12.2. The second-order valence-electron chi connectivity index (χ2n) is 6.77. The maximum atomic E-state index is 12.5. The van der Waals surface area contributed by atoms with Crippen LogP contribution in [0, 0.1) is 19.8 Å². The fourth-order valence-corrected chi connectivity index (χ4v) is 2.84. The predicted molar refractivity (Wildman–Crippen MR) is 96.4 cm³/mol. The lowest BCUT2D eigenvalue weighted by molar-refractivity contribution is -0.121. The maximum absolute atomic E-state index is 12.5. The second-order valence-corrected chi connectivity index (χ2v) is 6.77. The van der Waals surface area contributed by atoms with Gasteiger partial charge in [0.25, 0.3) is 0 Å². The van der Waals surface area contributed by atoms with Crippen LogP contribution in [-0.2, 0) is 11.2 Å². The van der Waals surface area contributed by atoms with E-state index in [0.29, 0.717) is 12.3 Å². The van der Waals surface area contributed by atoms with Gasteiger partial charge in [-0.1, -0.05) is 67.9 Å². The van der Waals surface area contributed by atoms with Gasteiger partial charge in [-0.25, -0.2) is 0 Å². The molecule has 0 heterocycles. The van der Waals surface area contributed by atoms with E-state index < -0.39 is 0 Å². The predicted octanol–water partition coefficient (Wildman–Crippen LogP) is 4.75. The molecule has 0 aromatic heterocycles. The molecule has 0 aliphatic rings. The molecule has 1 amide bonds. The molecular formula is C21H27NO. The van der Waals surface area contributed by atoms with Gasteiger partial charge in [0, 0.05) is 0 Å². The molecule has 0 aliphatic heterocycles. The summed E-state index contributed by atoms with van der Waals surface area (Å²) in [6.07, 6.45) is 1.39. The highest BCUT2D eigenvalue weighted by atomic mass is 16.1. The molecule has 122 valence electrons. The van der Waals surface area contributed by atoms with Gasteiger partial charge in [-0.2, -0.15) is 0 Å². The van der Waals surface area contributed by atoms with Crippen molar-refractivity contribution in [2.45, 2.75) is 46.6 Å². The van der Waals surface area contributed by atoms with E-state index in [4.69, 9.17) is 0 Å². The Bertz CT molecular complexity index is 646. The zero-order chi connectivity index (χ0) is 16.8. The van der Waals surface area contributed by atoms with Crippen molar-refractivity contribution in [3.05, 3.63) is 70.8 Å². The van der Waals surface area contributed by atoms with Crippen molar-refractivity contribution in [2.75, 3.05) is 0 Å². The Morgan fingerprint density at radius 1 is 1.04 bits per heavy atom. The van der Waals surface area contributed by atoms with E-state index in [0.717, 1.165) is 12.0 Å². The zero-order valence-corrected chi connectivity index (χ0v) is 14.6. The Morgan fingerprint density at radius 3 is 2.39 bits per heavy atom. The van der Waals surface area contributed by atoms with E-state index in [-0.39, 0.29) is 11.9 Å². The third kappa shape index (κ3) is 5.24. The van der Waals surface area contributed by atoms with E-state index >= 15 is 0 Å². The van der Waals surface area contributed by atoms with E-state index in [1.165, 1.54) is 16.7 Å². The van der Waals surface area contributed by atoms with Crippen LogP contribution in [0.25, 0.3) is 0 Å². The quantitative estimate of drug-likeness (QED) is 0.819. The van der Waals surface area contributed by atoms with E-state index in [1.54, 1.807) is 0 Å². The molecule has 0 aliphatic carbocycles. The largest absolute Gasteiger partial charge is 0.349 e. The van der Waals surface area contributed by atoms with Crippen molar-refractivity contribution in [3.63, 3.8) is 0 Å². The molecule has 23 heavy (non-hydrogen) atoms. The lowest BCUT2D eigenvalue weighted by Crippen LogP contribution is -2.31. The molecule has 2 nitrogen and oxygen atoms in total. The monoisotopic (exact) mass is 309 g/mol. The van der Waals surface area contributed by atoms with Crippen molar-refractivity contribution in [1.82, 2.24) is 5.32 Å². The number of nitrogens with one attached hydrogen (secondary N) is 1. The van der Waals surface area contributed by atoms with Crippen LogP contribution in [0.2, 0.25) is 0 Å². The van der Waals surface area contributed by atoms with Crippen molar-refractivity contribution < 1.29 is 4.79 Å². The van der Waals surface area contributed by atoms with Crippen LogP contribution in [0.5, 0.6) is 0 Å². The average molecular weight is 309 g/mol. The summed E-state index contributed by atoms with van der Waals surface area (Å²) in [7, 11) is 0. The Morgan fingerprint density at radius 2 is 1.74 bits per heavy atom. The minimum absolute atomic E-state index is 0.0776. The van der Waals surface area contributed by atoms with Crippen LogP contribution in [0.4, 0.5) is 0 Å². The number of benzene rings is 2. The minimum atomic E-state index is 0.0776. The van der Waals surface area contributed by atoms with Crippen LogP contribution < -0.4 is 5.32 Å². The molecule has 0 fully saturated rings. The summed E-state index contributed by atoms with van der Waals surface area (Å²) in [6.45, 7) is 8.50. The van der Waals surface area contributed by atoms with Crippen LogP contribution in [-0.4, -0.2) is 5.91 Å². The van der Waals surface area contributed by atoms with Crippen LogP contribution >= 0.6 is 0 Å². The van der Waals surface area contributed by atoms with Gasteiger partial charge in [-0.15, -0.1) is 0 Å². The minimum Gasteiger partial charge on any atom is -0.349 e. The fourth-order valence-electron chi connectivity index (χ4n) is 2.84. The number of amides is 1. The lowest BCUT2D eigenvalue weighted by Gasteiger charge is -2.21. The van der Waals surface area contributed by atoms with Crippen molar-refractivity contribution in [2.24, 2.45) is 5.92 Å². The molecule has 2 rings (SSSR count). The maximum Gasteiger partial charge on any atom is 0.224 e. The second kappa shape index (κ2) is 7.96. The molecule has 0 unspecified atom stereocenters. The third-order valence-electron chi connectivity index (χ3n) is 4.10. The van der Waals surface area contributed by atoms with Gasteiger partial charge in [-0.05, 0) is 42.9 Å². The highest BCUT2D eigenvalue weighted by molar-refractivity contribution is 5.79. The fraction of sp³-hybridized carbons (Fsp3) is 0.381. The molecule has 0 saturated heterocycles. The number of carbonyl (C=O) groups excluding carboxylic acids is 1. The molecule has 2 aromatic rings. The highest BCUT2D eigenvalue weighted by Crippen LogP contribution is 2.21. The molecule has 0 spiro atoms. The van der Waals surface area contributed by atoms with E-state index in [9.17, 15) is 4.79 Å². The van der Waals surface area contributed by atoms with Gasteiger partial charge in [0.2, 0.25) is 5.91 Å². The molecular weight excluding hydrogens is 282 g/mol. The van der Waals surface area contributed by atoms with Crippen molar-refractivity contribution >= 4 is 5.91 Å². The van der Waals surface area contributed by atoms with E-state index in [2.05, 4.69) is 63.3 Å². The molecule has 1 N–H and O–H groups in total. The SMILES string of the molecule is Cc1ccc(C)c(CC(=O)N[C@@H](CC(C)C)c2ccccc2)c1. The van der Waals surface area contributed by atoms with E-state index in [1.807, 2.05) is 18.2 Å². The van der Waals surface area contributed by atoms with Crippen LogP contribution in [0.3, 0.4) is 0 Å². The van der Waals surface area contributed by atoms with Gasteiger partial charge < -0.3 is 5.32 Å². The number of aryl methyl sites for hydroxylation is 2. The summed E-state index contributed by atoms with van der Waals surface area (Å²) in [4.78, 5) is 12.5. The topological polar surface area (TPSA) is 29.1 Å². The van der Waals surface area contributed by atoms with Crippen LogP contribution in [0.1, 0.15) is 48.6 Å². The molecule has 0 bridgehead atoms. The van der Waals surface area contributed by atoms with Gasteiger partial charge in [0.15, 0.2) is 0 Å². The first kappa shape index (κ1) is 17.3. The molecule has 0 radical (unpaired) electrons. The highest BCUT2D eigenvalue weighted by Gasteiger charge is 2.16.